The molecule has 2 aliphatic heterocycles. The van der Waals surface area contributed by atoms with Crippen LogP contribution in [-0.4, -0.2) is 42.3 Å². The van der Waals surface area contributed by atoms with Crippen LogP contribution in [0.2, 0.25) is 0 Å². The summed E-state index contributed by atoms with van der Waals surface area (Å²) in [7, 11) is 0. The number of hydrogen-bond donors (Lipinski definition) is 1. The van der Waals surface area contributed by atoms with Gasteiger partial charge in [0.15, 0.2) is 5.82 Å². The molecule has 1 aromatic heterocycles. The van der Waals surface area contributed by atoms with Crippen molar-refractivity contribution >= 4 is 11.9 Å². The van der Waals surface area contributed by atoms with Gasteiger partial charge in [-0.3, -0.25) is 9.88 Å². The van der Waals surface area contributed by atoms with Gasteiger partial charge in [0.25, 0.3) is 0 Å². The summed E-state index contributed by atoms with van der Waals surface area (Å²) in [5, 5.41) is 3.33. The summed E-state index contributed by atoms with van der Waals surface area (Å²) >= 11 is 0. The van der Waals surface area contributed by atoms with E-state index >= 15 is 0 Å². The smallest absolute Gasteiger partial charge is 0.415 e. The molecular weight excluding hydrogens is 232 g/mol. The van der Waals surface area contributed by atoms with E-state index in [0.717, 1.165) is 31.6 Å². The highest BCUT2D eigenvalue weighted by Gasteiger charge is 2.25. The number of piperidine rings is 1. The minimum atomic E-state index is -0.334. The number of ether oxygens (including phenoxy) is 1. The Labute approximate surface area is 105 Å². The first-order chi connectivity index (χ1) is 8.84. The number of cyclic esters (lactones) is 1. The zero-order valence-electron chi connectivity index (χ0n) is 10.1. The van der Waals surface area contributed by atoms with Gasteiger partial charge in [-0.15, -0.1) is 0 Å². The Bertz CT molecular complexity index is 428. The molecule has 2 saturated heterocycles. The number of nitrogens with zero attached hydrogens (tertiary/aromatic N) is 3. The third-order valence-electron chi connectivity index (χ3n) is 3.45. The molecule has 1 N–H and O–H groups in total. The van der Waals surface area contributed by atoms with Crippen molar-refractivity contribution < 1.29 is 9.53 Å². The summed E-state index contributed by atoms with van der Waals surface area (Å²) in [6, 6.07) is 0. The van der Waals surface area contributed by atoms with Crippen molar-refractivity contribution in [2.24, 2.45) is 0 Å². The molecule has 0 unspecified atom stereocenters. The average molecular weight is 248 g/mol. The monoisotopic (exact) mass is 248 g/mol. The molecule has 1 aromatic rings. The predicted octanol–water partition coefficient (Wildman–Crippen LogP) is 0.900. The maximum Gasteiger partial charge on any atom is 0.415 e. The van der Waals surface area contributed by atoms with Gasteiger partial charge >= 0.3 is 6.09 Å². The number of amides is 1. The molecule has 0 aliphatic carbocycles. The summed E-state index contributed by atoms with van der Waals surface area (Å²) in [6.07, 6.45) is 5.32. The molecule has 6 nitrogen and oxygen atoms in total. The quantitative estimate of drug-likeness (QED) is 0.842. The van der Waals surface area contributed by atoms with Gasteiger partial charge in [0.05, 0.1) is 24.6 Å². The van der Waals surface area contributed by atoms with Crippen molar-refractivity contribution in [3.05, 3.63) is 18.1 Å². The van der Waals surface area contributed by atoms with Gasteiger partial charge in [0.2, 0.25) is 0 Å². The molecule has 96 valence electrons. The second kappa shape index (κ2) is 4.89. The second-order valence-corrected chi connectivity index (χ2v) is 4.59. The predicted molar refractivity (Wildman–Crippen MR) is 65.6 cm³/mol. The number of carbonyl (C=O) groups excluding carboxylic acids is 1. The average Bonchev–Trinajstić information content (AvgIpc) is 2.86. The summed E-state index contributed by atoms with van der Waals surface area (Å²) < 4.78 is 4.88. The van der Waals surface area contributed by atoms with Gasteiger partial charge in [-0.25, -0.2) is 9.78 Å². The van der Waals surface area contributed by atoms with E-state index in [1.54, 1.807) is 12.4 Å². The van der Waals surface area contributed by atoms with E-state index in [-0.39, 0.29) is 6.09 Å². The van der Waals surface area contributed by atoms with E-state index in [9.17, 15) is 4.79 Å². The molecule has 2 fully saturated rings. The molecule has 18 heavy (non-hydrogen) atoms. The molecular formula is C12H16N4O2. The van der Waals surface area contributed by atoms with Crippen LogP contribution in [0.5, 0.6) is 0 Å². The molecule has 2 aliphatic rings. The van der Waals surface area contributed by atoms with E-state index in [2.05, 4.69) is 15.3 Å². The van der Waals surface area contributed by atoms with Crippen molar-refractivity contribution in [3.8, 4) is 0 Å². The Morgan fingerprint density at radius 2 is 2.11 bits per heavy atom. The Hall–Kier alpha value is -1.69. The lowest BCUT2D eigenvalue weighted by molar-refractivity contribution is 0.181. The molecule has 0 spiro atoms. The zero-order chi connectivity index (χ0) is 12.4. The molecule has 0 saturated carbocycles. The molecule has 0 atom stereocenters. The lowest BCUT2D eigenvalue weighted by atomic mass is 9.95. The maximum atomic E-state index is 11.4. The Morgan fingerprint density at radius 1 is 1.28 bits per heavy atom. The van der Waals surface area contributed by atoms with Crippen LogP contribution < -0.4 is 10.2 Å². The van der Waals surface area contributed by atoms with Gasteiger partial charge in [-0.05, 0) is 25.9 Å². The molecule has 3 rings (SSSR count). The van der Waals surface area contributed by atoms with E-state index in [1.165, 1.54) is 4.90 Å². The van der Waals surface area contributed by atoms with Gasteiger partial charge < -0.3 is 10.1 Å². The molecule has 0 bridgehead atoms. The van der Waals surface area contributed by atoms with Crippen LogP contribution in [0.3, 0.4) is 0 Å². The number of carbonyl (C=O) groups is 1. The number of nitrogens with one attached hydrogen (secondary N) is 1. The van der Waals surface area contributed by atoms with Crippen molar-refractivity contribution in [1.29, 1.82) is 0 Å². The van der Waals surface area contributed by atoms with E-state index in [1.807, 2.05) is 0 Å². The summed E-state index contributed by atoms with van der Waals surface area (Å²) in [4.78, 5) is 21.7. The van der Waals surface area contributed by atoms with Crippen LogP contribution in [0.15, 0.2) is 12.4 Å². The number of rotatable bonds is 2. The highest BCUT2D eigenvalue weighted by atomic mass is 16.6. The molecule has 0 aromatic carbocycles. The normalized spacial score (nSPS) is 21.1. The standard InChI is InChI=1S/C12H16N4O2/c17-12-16(5-6-18-12)11-8-14-10(7-15-11)9-1-3-13-4-2-9/h7-9,13H,1-6H2. The Morgan fingerprint density at radius 3 is 2.72 bits per heavy atom. The highest BCUT2D eigenvalue weighted by molar-refractivity contribution is 5.87. The topological polar surface area (TPSA) is 67.3 Å². The minimum absolute atomic E-state index is 0.334. The van der Waals surface area contributed by atoms with E-state index in [0.29, 0.717) is 24.9 Å². The third-order valence-corrected chi connectivity index (χ3v) is 3.45. The van der Waals surface area contributed by atoms with Crippen LogP contribution in [0.1, 0.15) is 24.5 Å². The van der Waals surface area contributed by atoms with Crippen LogP contribution >= 0.6 is 0 Å². The molecule has 0 radical (unpaired) electrons. The first-order valence-electron chi connectivity index (χ1n) is 6.31. The van der Waals surface area contributed by atoms with Crippen LogP contribution in [0, 0.1) is 0 Å². The minimum Gasteiger partial charge on any atom is -0.447 e. The molecule has 6 heteroatoms. The van der Waals surface area contributed by atoms with Crippen LogP contribution in [0.4, 0.5) is 10.6 Å². The fraction of sp³-hybridized carbons (Fsp3) is 0.583. The zero-order valence-corrected chi connectivity index (χ0v) is 10.1. The van der Waals surface area contributed by atoms with E-state index in [4.69, 9.17) is 4.74 Å². The van der Waals surface area contributed by atoms with Gasteiger partial charge in [0, 0.05) is 5.92 Å². The van der Waals surface area contributed by atoms with E-state index < -0.39 is 0 Å². The fourth-order valence-corrected chi connectivity index (χ4v) is 2.40. The third kappa shape index (κ3) is 2.15. The van der Waals surface area contributed by atoms with Gasteiger partial charge in [0.1, 0.15) is 6.61 Å². The van der Waals surface area contributed by atoms with Gasteiger partial charge in [-0.1, -0.05) is 0 Å². The van der Waals surface area contributed by atoms with Crippen molar-refractivity contribution in [1.82, 2.24) is 15.3 Å². The summed E-state index contributed by atoms with van der Waals surface area (Å²) in [5.41, 5.74) is 1.02. The highest BCUT2D eigenvalue weighted by Crippen LogP contribution is 2.24. The SMILES string of the molecule is O=C1OCCN1c1cnc(C2CCNCC2)cn1. The van der Waals surface area contributed by atoms with Gasteiger partial charge in [-0.2, -0.15) is 0 Å². The van der Waals surface area contributed by atoms with Crippen LogP contribution in [-0.2, 0) is 4.74 Å². The summed E-state index contributed by atoms with van der Waals surface area (Å²) in [6.45, 7) is 3.05. The van der Waals surface area contributed by atoms with Crippen LogP contribution in [0.25, 0.3) is 0 Å². The number of aromatic nitrogens is 2. The second-order valence-electron chi connectivity index (χ2n) is 4.59. The van der Waals surface area contributed by atoms with Crippen molar-refractivity contribution in [2.45, 2.75) is 18.8 Å². The first-order valence-corrected chi connectivity index (χ1v) is 6.31. The lowest BCUT2D eigenvalue weighted by Crippen LogP contribution is -2.27. The fourth-order valence-electron chi connectivity index (χ4n) is 2.40. The summed E-state index contributed by atoms with van der Waals surface area (Å²) in [5.74, 6) is 1.06. The number of anilines is 1. The maximum absolute atomic E-state index is 11.4. The Balaban J connectivity index is 1.74. The molecule has 3 heterocycles. The van der Waals surface area contributed by atoms with Crippen molar-refractivity contribution in [3.63, 3.8) is 0 Å². The largest absolute Gasteiger partial charge is 0.447 e. The lowest BCUT2D eigenvalue weighted by Gasteiger charge is -2.22. The molecule has 1 amide bonds. The first kappa shape index (κ1) is 11.4. The Kier molecular flexibility index (Phi) is 3.10. The van der Waals surface area contributed by atoms with Crippen molar-refractivity contribution in [2.75, 3.05) is 31.1 Å². The number of hydrogen-bond acceptors (Lipinski definition) is 5.